The standard InChI is InChI=1S/C10H14N2OS/c1-7(12-13)6-10-11-8-4-2-3-5-9(8)14-10/h2-3,5,8,10-11,13H,4,6H2,1H3. The monoisotopic (exact) mass is 210 g/mol. The molecule has 2 unspecified atom stereocenters. The molecule has 1 fully saturated rings. The normalized spacial score (nSPS) is 31.5. The van der Waals surface area contributed by atoms with Crippen molar-refractivity contribution in [1.29, 1.82) is 0 Å². The predicted octanol–water partition coefficient (Wildman–Crippen LogP) is 2.10. The highest BCUT2D eigenvalue weighted by molar-refractivity contribution is 8.04. The first-order chi connectivity index (χ1) is 6.79. The van der Waals surface area contributed by atoms with E-state index in [1.807, 2.05) is 18.7 Å². The zero-order valence-corrected chi connectivity index (χ0v) is 8.92. The van der Waals surface area contributed by atoms with Crippen molar-refractivity contribution < 1.29 is 5.21 Å². The van der Waals surface area contributed by atoms with Crippen LogP contribution in [0.1, 0.15) is 19.8 Å². The Morgan fingerprint density at radius 2 is 2.64 bits per heavy atom. The van der Waals surface area contributed by atoms with Crippen LogP contribution in [-0.4, -0.2) is 22.3 Å². The molecule has 0 bridgehead atoms. The van der Waals surface area contributed by atoms with Crippen LogP contribution < -0.4 is 5.32 Å². The number of fused-ring (bicyclic) bond motifs is 1. The Morgan fingerprint density at radius 3 is 3.36 bits per heavy atom. The van der Waals surface area contributed by atoms with Crippen molar-refractivity contribution >= 4 is 17.5 Å². The van der Waals surface area contributed by atoms with E-state index in [1.165, 1.54) is 4.91 Å². The van der Waals surface area contributed by atoms with Crippen molar-refractivity contribution in [2.45, 2.75) is 31.2 Å². The van der Waals surface area contributed by atoms with Gasteiger partial charge in [-0.25, -0.2) is 0 Å². The summed E-state index contributed by atoms with van der Waals surface area (Å²) in [5.74, 6) is 0. The highest BCUT2D eigenvalue weighted by atomic mass is 32.2. The van der Waals surface area contributed by atoms with Gasteiger partial charge in [-0.15, -0.1) is 11.8 Å². The van der Waals surface area contributed by atoms with Gasteiger partial charge in [-0.05, 0) is 13.3 Å². The van der Waals surface area contributed by atoms with Gasteiger partial charge in [0.05, 0.1) is 11.1 Å². The molecule has 1 aliphatic carbocycles. The van der Waals surface area contributed by atoms with E-state index in [4.69, 9.17) is 5.21 Å². The smallest absolute Gasteiger partial charge is 0.0635 e. The molecule has 0 aromatic carbocycles. The maximum absolute atomic E-state index is 8.58. The van der Waals surface area contributed by atoms with E-state index in [-0.39, 0.29) is 0 Å². The number of nitrogens with one attached hydrogen (secondary N) is 1. The summed E-state index contributed by atoms with van der Waals surface area (Å²) >= 11 is 1.85. The van der Waals surface area contributed by atoms with Gasteiger partial charge in [0.25, 0.3) is 0 Å². The maximum atomic E-state index is 8.58. The summed E-state index contributed by atoms with van der Waals surface area (Å²) in [6.07, 6.45) is 8.32. The van der Waals surface area contributed by atoms with Crippen LogP contribution in [0.3, 0.4) is 0 Å². The van der Waals surface area contributed by atoms with Gasteiger partial charge in [-0.3, -0.25) is 5.32 Å². The second kappa shape index (κ2) is 4.19. The molecule has 2 N–H and O–H groups in total. The Bertz CT molecular complexity index is 309. The van der Waals surface area contributed by atoms with Crippen LogP contribution in [0, 0.1) is 0 Å². The fourth-order valence-electron chi connectivity index (χ4n) is 1.71. The van der Waals surface area contributed by atoms with Crippen LogP contribution in [0.2, 0.25) is 0 Å². The number of rotatable bonds is 2. The van der Waals surface area contributed by atoms with Crippen LogP contribution in [0.15, 0.2) is 28.3 Å². The molecular weight excluding hydrogens is 196 g/mol. The molecule has 0 radical (unpaired) electrons. The maximum Gasteiger partial charge on any atom is 0.0635 e. The first-order valence-corrected chi connectivity index (χ1v) is 5.64. The quantitative estimate of drug-likeness (QED) is 0.417. The number of allylic oxidation sites excluding steroid dienone is 2. The highest BCUT2D eigenvalue weighted by Gasteiger charge is 2.29. The molecule has 1 aliphatic heterocycles. The molecule has 2 rings (SSSR count). The molecule has 1 heterocycles. The first kappa shape index (κ1) is 9.80. The van der Waals surface area contributed by atoms with Crippen molar-refractivity contribution in [3.63, 3.8) is 0 Å². The summed E-state index contributed by atoms with van der Waals surface area (Å²) < 4.78 is 0. The first-order valence-electron chi connectivity index (χ1n) is 4.76. The molecule has 0 spiro atoms. The molecule has 0 saturated carbocycles. The summed E-state index contributed by atoms with van der Waals surface area (Å²) in [5, 5.41) is 15.6. The van der Waals surface area contributed by atoms with Gasteiger partial charge < -0.3 is 5.21 Å². The van der Waals surface area contributed by atoms with Crippen molar-refractivity contribution in [2.24, 2.45) is 5.16 Å². The topological polar surface area (TPSA) is 44.6 Å². The minimum Gasteiger partial charge on any atom is -0.411 e. The number of hydrogen-bond donors (Lipinski definition) is 2. The Morgan fingerprint density at radius 1 is 1.79 bits per heavy atom. The summed E-state index contributed by atoms with van der Waals surface area (Å²) in [4.78, 5) is 1.41. The molecule has 76 valence electrons. The zero-order chi connectivity index (χ0) is 9.97. The van der Waals surface area contributed by atoms with Crippen molar-refractivity contribution in [1.82, 2.24) is 5.32 Å². The molecular formula is C10H14N2OS. The molecule has 0 aromatic heterocycles. The largest absolute Gasteiger partial charge is 0.411 e. The minimum atomic E-state index is 0.363. The lowest BCUT2D eigenvalue weighted by molar-refractivity contribution is 0.317. The second-order valence-corrected chi connectivity index (χ2v) is 4.87. The number of oxime groups is 1. The second-order valence-electron chi connectivity index (χ2n) is 3.60. The lowest BCUT2D eigenvalue weighted by atomic mass is 10.1. The van der Waals surface area contributed by atoms with Gasteiger partial charge >= 0.3 is 0 Å². The summed E-state index contributed by atoms with van der Waals surface area (Å²) in [6.45, 7) is 1.84. The fourth-order valence-corrected chi connectivity index (χ4v) is 3.08. The predicted molar refractivity (Wildman–Crippen MR) is 59.7 cm³/mol. The SMILES string of the molecule is CC(CC1NC2CC=CC=C2S1)=NO. The van der Waals surface area contributed by atoms with Gasteiger partial charge in [-0.1, -0.05) is 23.4 Å². The summed E-state index contributed by atoms with van der Waals surface area (Å²) in [7, 11) is 0. The Kier molecular flexibility index (Phi) is 2.93. The third-order valence-corrected chi connectivity index (χ3v) is 3.71. The lowest BCUT2D eigenvalue weighted by Crippen LogP contribution is -2.30. The summed E-state index contributed by atoms with van der Waals surface area (Å²) in [6, 6.07) is 0.487. The van der Waals surface area contributed by atoms with E-state index in [2.05, 4.69) is 28.7 Å². The minimum absolute atomic E-state index is 0.363. The highest BCUT2D eigenvalue weighted by Crippen LogP contribution is 2.36. The van der Waals surface area contributed by atoms with Gasteiger partial charge in [0.15, 0.2) is 0 Å². The molecule has 1 saturated heterocycles. The zero-order valence-electron chi connectivity index (χ0n) is 8.10. The average Bonchev–Trinajstić information content (AvgIpc) is 2.59. The molecule has 14 heavy (non-hydrogen) atoms. The van der Waals surface area contributed by atoms with Gasteiger partial charge in [0.1, 0.15) is 0 Å². The molecule has 2 aliphatic rings. The van der Waals surface area contributed by atoms with Crippen LogP contribution in [0.4, 0.5) is 0 Å². The van der Waals surface area contributed by atoms with Crippen LogP contribution in [-0.2, 0) is 0 Å². The van der Waals surface area contributed by atoms with E-state index < -0.39 is 0 Å². The Balaban J connectivity index is 1.95. The van der Waals surface area contributed by atoms with E-state index in [0.717, 1.165) is 18.6 Å². The molecule has 2 atom stereocenters. The van der Waals surface area contributed by atoms with Crippen molar-refractivity contribution in [3.05, 3.63) is 23.1 Å². The molecule has 0 aromatic rings. The number of hydrogen-bond acceptors (Lipinski definition) is 4. The van der Waals surface area contributed by atoms with E-state index in [1.54, 1.807) is 0 Å². The number of thioether (sulfide) groups is 1. The molecule has 3 nitrogen and oxygen atoms in total. The fraction of sp³-hybridized carbons (Fsp3) is 0.500. The average molecular weight is 210 g/mol. The third kappa shape index (κ3) is 2.01. The molecule has 0 amide bonds. The van der Waals surface area contributed by atoms with E-state index in [0.29, 0.717) is 11.4 Å². The number of nitrogens with zero attached hydrogens (tertiary/aromatic N) is 1. The lowest BCUT2D eigenvalue weighted by Gasteiger charge is -2.12. The molecule has 4 heteroatoms. The Hall–Kier alpha value is -0.740. The van der Waals surface area contributed by atoms with E-state index in [9.17, 15) is 0 Å². The van der Waals surface area contributed by atoms with Crippen LogP contribution >= 0.6 is 11.8 Å². The van der Waals surface area contributed by atoms with Gasteiger partial charge in [0, 0.05) is 17.4 Å². The van der Waals surface area contributed by atoms with Crippen molar-refractivity contribution in [2.75, 3.05) is 0 Å². The van der Waals surface area contributed by atoms with E-state index >= 15 is 0 Å². The Labute approximate surface area is 87.9 Å². The van der Waals surface area contributed by atoms with Crippen LogP contribution in [0.25, 0.3) is 0 Å². The third-order valence-electron chi connectivity index (χ3n) is 2.43. The van der Waals surface area contributed by atoms with Gasteiger partial charge in [-0.2, -0.15) is 0 Å². The van der Waals surface area contributed by atoms with Crippen LogP contribution in [0.5, 0.6) is 0 Å². The van der Waals surface area contributed by atoms with Crippen molar-refractivity contribution in [3.8, 4) is 0 Å². The van der Waals surface area contributed by atoms with Gasteiger partial charge in [0.2, 0.25) is 0 Å². The summed E-state index contributed by atoms with van der Waals surface area (Å²) in [5.41, 5.74) is 0.780.